The molecule has 0 bridgehead atoms. The summed E-state index contributed by atoms with van der Waals surface area (Å²) in [5.41, 5.74) is 1.64. The van der Waals surface area contributed by atoms with Gasteiger partial charge in [0.05, 0.1) is 6.10 Å². The molecule has 0 spiro atoms. The van der Waals surface area contributed by atoms with Crippen LogP contribution >= 0.6 is 0 Å². The summed E-state index contributed by atoms with van der Waals surface area (Å²) in [5.74, 6) is 0.429. The maximum atomic E-state index is 10.3. The number of aliphatic hydroxyl groups excluding tert-OH is 1. The Kier molecular flexibility index (Phi) is 4.52. The summed E-state index contributed by atoms with van der Waals surface area (Å²) in [6.45, 7) is 1.96. The van der Waals surface area contributed by atoms with Gasteiger partial charge in [0, 0.05) is 24.7 Å². The summed E-state index contributed by atoms with van der Waals surface area (Å²) in [6, 6.07) is 6.48. The van der Waals surface area contributed by atoms with Crippen LogP contribution < -0.4 is 0 Å². The van der Waals surface area contributed by atoms with E-state index < -0.39 is 0 Å². The molecule has 4 heteroatoms. The fraction of sp³-hybridized carbons (Fsp3) is 0.647. The third-order valence-electron chi connectivity index (χ3n) is 5.01. The van der Waals surface area contributed by atoms with Crippen molar-refractivity contribution >= 4 is 0 Å². The Morgan fingerprint density at radius 2 is 2.14 bits per heavy atom. The van der Waals surface area contributed by atoms with E-state index in [4.69, 9.17) is 5.26 Å². The SMILES string of the molecule is N#Cc1cc(CN2CCCC2C2CCCCC2O)ccn1. The molecule has 21 heavy (non-hydrogen) atoms. The van der Waals surface area contributed by atoms with Crippen LogP contribution in [0.15, 0.2) is 18.3 Å². The Bertz CT molecular complexity index is 525. The van der Waals surface area contributed by atoms with Crippen LogP contribution in [0.4, 0.5) is 0 Å². The van der Waals surface area contributed by atoms with E-state index in [0.717, 1.165) is 31.5 Å². The van der Waals surface area contributed by atoms with Gasteiger partial charge in [-0.15, -0.1) is 0 Å². The fourth-order valence-electron chi connectivity index (χ4n) is 3.99. The van der Waals surface area contributed by atoms with Gasteiger partial charge in [-0.3, -0.25) is 4.90 Å². The molecule has 1 aliphatic heterocycles. The molecule has 1 aliphatic carbocycles. The predicted molar refractivity (Wildman–Crippen MR) is 80.3 cm³/mol. The zero-order chi connectivity index (χ0) is 14.7. The van der Waals surface area contributed by atoms with Gasteiger partial charge in [-0.1, -0.05) is 12.8 Å². The van der Waals surface area contributed by atoms with Gasteiger partial charge in [-0.25, -0.2) is 4.98 Å². The maximum absolute atomic E-state index is 10.3. The highest BCUT2D eigenvalue weighted by atomic mass is 16.3. The van der Waals surface area contributed by atoms with Gasteiger partial charge in [0.25, 0.3) is 0 Å². The van der Waals surface area contributed by atoms with E-state index in [-0.39, 0.29) is 6.10 Å². The number of likely N-dealkylation sites (tertiary alicyclic amines) is 1. The molecular weight excluding hydrogens is 262 g/mol. The second-order valence-corrected chi connectivity index (χ2v) is 6.36. The van der Waals surface area contributed by atoms with Crippen LogP contribution in [0.3, 0.4) is 0 Å². The van der Waals surface area contributed by atoms with Crippen molar-refractivity contribution in [1.29, 1.82) is 5.26 Å². The van der Waals surface area contributed by atoms with Crippen molar-refractivity contribution in [2.75, 3.05) is 6.54 Å². The van der Waals surface area contributed by atoms with Crippen molar-refractivity contribution in [3.8, 4) is 6.07 Å². The van der Waals surface area contributed by atoms with E-state index in [2.05, 4.69) is 16.0 Å². The number of pyridine rings is 1. The topological polar surface area (TPSA) is 60.2 Å². The molecule has 0 radical (unpaired) electrons. The maximum Gasteiger partial charge on any atom is 0.140 e. The molecule has 1 aromatic heterocycles. The number of nitrogens with zero attached hydrogens (tertiary/aromatic N) is 3. The normalized spacial score (nSPS) is 30.2. The molecule has 1 aromatic rings. The number of aliphatic hydroxyl groups is 1. The predicted octanol–water partition coefficient (Wildman–Crippen LogP) is 2.47. The van der Waals surface area contributed by atoms with Crippen molar-refractivity contribution in [3.63, 3.8) is 0 Å². The lowest BCUT2D eigenvalue weighted by molar-refractivity contribution is 0.0201. The molecular formula is C17H23N3O. The third-order valence-corrected chi connectivity index (χ3v) is 5.01. The molecule has 2 heterocycles. The number of aromatic nitrogens is 1. The van der Waals surface area contributed by atoms with Crippen LogP contribution in [-0.4, -0.2) is 33.7 Å². The van der Waals surface area contributed by atoms with Crippen LogP contribution in [0, 0.1) is 17.2 Å². The average molecular weight is 285 g/mol. The molecule has 0 aromatic carbocycles. The van der Waals surface area contributed by atoms with E-state index in [0.29, 0.717) is 17.7 Å². The molecule has 1 N–H and O–H groups in total. The Labute approximate surface area is 126 Å². The summed E-state index contributed by atoms with van der Waals surface area (Å²) in [7, 11) is 0. The van der Waals surface area contributed by atoms with Gasteiger partial charge >= 0.3 is 0 Å². The van der Waals surface area contributed by atoms with Gasteiger partial charge in [0.1, 0.15) is 11.8 Å². The number of hydrogen-bond donors (Lipinski definition) is 1. The van der Waals surface area contributed by atoms with Crippen LogP contribution in [0.2, 0.25) is 0 Å². The molecule has 2 aliphatic rings. The summed E-state index contributed by atoms with van der Waals surface area (Å²) in [4.78, 5) is 6.53. The average Bonchev–Trinajstić information content (AvgIpc) is 2.96. The van der Waals surface area contributed by atoms with Crippen molar-refractivity contribution in [3.05, 3.63) is 29.6 Å². The zero-order valence-corrected chi connectivity index (χ0v) is 12.4. The van der Waals surface area contributed by atoms with Gasteiger partial charge in [0.2, 0.25) is 0 Å². The summed E-state index contributed by atoms with van der Waals surface area (Å²) in [6.07, 6.45) is 8.53. The number of hydrogen-bond acceptors (Lipinski definition) is 4. The minimum absolute atomic E-state index is 0.128. The standard InChI is InChI=1S/C17H23N3O/c18-11-14-10-13(7-8-19-14)12-20-9-3-5-16(20)15-4-1-2-6-17(15)21/h7-8,10,15-17,21H,1-6,9,12H2. The third kappa shape index (κ3) is 3.25. The zero-order valence-electron chi connectivity index (χ0n) is 12.4. The Hall–Kier alpha value is -1.44. The molecule has 3 unspecified atom stereocenters. The van der Waals surface area contributed by atoms with Crippen molar-refractivity contribution in [2.24, 2.45) is 5.92 Å². The van der Waals surface area contributed by atoms with E-state index in [1.54, 1.807) is 6.20 Å². The van der Waals surface area contributed by atoms with E-state index >= 15 is 0 Å². The van der Waals surface area contributed by atoms with Crippen LogP contribution in [0.5, 0.6) is 0 Å². The highest BCUT2D eigenvalue weighted by Crippen LogP contribution is 2.35. The first-order valence-corrected chi connectivity index (χ1v) is 8.05. The lowest BCUT2D eigenvalue weighted by atomic mass is 9.80. The Balaban J connectivity index is 1.70. The summed E-state index contributed by atoms with van der Waals surface area (Å²) in [5, 5.41) is 19.3. The van der Waals surface area contributed by atoms with Crippen molar-refractivity contribution in [2.45, 2.75) is 57.2 Å². The molecule has 0 amide bonds. The summed E-state index contributed by atoms with van der Waals surface area (Å²) < 4.78 is 0. The largest absolute Gasteiger partial charge is 0.393 e. The Morgan fingerprint density at radius 3 is 2.95 bits per heavy atom. The Morgan fingerprint density at radius 1 is 1.29 bits per heavy atom. The summed E-state index contributed by atoms with van der Waals surface area (Å²) >= 11 is 0. The lowest BCUT2D eigenvalue weighted by Gasteiger charge is -2.37. The smallest absolute Gasteiger partial charge is 0.140 e. The van der Waals surface area contributed by atoms with E-state index in [1.807, 2.05) is 12.1 Å². The van der Waals surface area contributed by atoms with E-state index in [9.17, 15) is 5.11 Å². The molecule has 1 saturated heterocycles. The van der Waals surface area contributed by atoms with Gasteiger partial charge in [-0.2, -0.15) is 5.26 Å². The van der Waals surface area contributed by atoms with Crippen molar-refractivity contribution in [1.82, 2.24) is 9.88 Å². The molecule has 3 atom stereocenters. The first-order chi connectivity index (χ1) is 10.3. The van der Waals surface area contributed by atoms with E-state index in [1.165, 1.54) is 25.7 Å². The molecule has 3 rings (SSSR count). The molecule has 1 saturated carbocycles. The quantitative estimate of drug-likeness (QED) is 0.927. The molecule has 112 valence electrons. The minimum Gasteiger partial charge on any atom is -0.393 e. The first-order valence-electron chi connectivity index (χ1n) is 8.05. The van der Waals surface area contributed by atoms with Gasteiger partial charge in [-0.05, 0) is 49.9 Å². The highest BCUT2D eigenvalue weighted by Gasteiger charge is 2.36. The lowest BCUT2D eigenvalue weighted by Crippen LogP contribution is -2.42. The second kappa shape index (κ2) is 6.55. The fourth-order valence-corrected chi connectivity index (χ4v) is 3.99. The van der Waals surface area contributed by atoms with Gasteiger partial charge in [0.15, 0.2) is 0 Å². The van der Waals surface area contributed by atoms with Gasteiger partial charge < -0.3 is 5.11 Å². The van der Waals surface area contributed by atoms with Crippen LogP contribution in [0.1, 0.15) is 49.8 Å². The highest BCUT2D eigenvalue weighted by molar-refractivity contribution is 5.25. The number of rotatable bonds is 3. The van der Waals surface area contributed by atoms with Crippen molar-refractivity contribution < 1.29 is 5.11 Å². The molecule has 4 nitrogen and oxygen atoms in total. The van der Waals surface area contributed by atoms with Crippen LogP contribution in [-0.2, 0) is 6.54 Å². The minimum atomic E-state index is -0.128. The number of nitriles is 1. The second-order valence-electron chi connectivity index (χ2n) is 6.36. The van der Waals surface area contributed by atoms with Crippen LogP contribution in [0.25, 0.3) is 0 Å². The first kappa shape index (κ1) is 14.5. The monoisotopic (exact) mass is 285 g/mol. The molecule has 2 fully saturated rings.